The third-order valence-corrected chi connectivity index (χ3v) is 8.24. The van der Waals surface area contributed by atoms with Crippen LogP contribution in [0.25, 0.3) is 11.1 Å². The van der Waals surface area contributed by atoms with E-state index >= 15 is 0 Å². The van der Waals surface area contributed by atoms with Gasteiger partial charge in [-0.2, -0.15) is 13.2 Å². The van der Waals surface area contributed by atoms with Gasteiger partial charge < -0.3 is 10.0 Å². The Morgan fingerprint density at radius 3 is 2.39 bits per heavy atom. The van der Waals surface area contributed by atoms with Crippen LogP contribution in [0.15, 0.2) is 60.7 Å². The predicted octanol–water partition coefficient (Wildman–Crippen LogP) is 8.61. The second-order valence-corrected chi connectivity index (χ2v) is 11.0. The average Bonchev–Trinajstić information content (AvgIpc) is 3.08. The van der Waals surface area contributed by atoms with Crippen LogP contribution in [0, 0.1) is 5.92 Å². The second-order valence-electron chi connectivity index (χ2n) is 10.6. The summed E-state index contributed by atoms with van der Waals surface area (Å²) in [6.45, 7) is 2.38. The van der Waals surface area contributed by atoms with Gasteiger partial charge >= 0.3 is 12.1 Å². The molecule has 1 aliphatic carbocycles. The Hall–Kier alpha value is -2.87. The molecule has 3 nitrogen and oxygen atoms in total. The SMILES string of the molecule is Cl.O=C(O)c1ccc2c(c1)CCCC(c1cccc(C(F)(F)F)c1Cl)=C2c1ccc(CC2CN(CCCF)C2)cc1. The molecule has 0 spiro atoms. The number of rotatable bonds is 8. The minimum atomic E-state index is -4.59. The first-order valence-corrected chi connectivity index (χ1v) is 13.9. The molecule has 1 heterocycles. The quantitative estimate of drug-likeness (QED) is 0.261. The summed E-state index contributed by atoms with van der Waals surface area (Å²) in [6.07, 6.45) is -1.40. The number of carboxylic acids is 1. The number of hydrogen-bond donors (Lipinski definition) is 1. The molecule has 41 heavy (non-hydrogen) atoms. The zero-order valence-corrected chi connectivity index (χ0v) is 23.9. The Kier molecular flexibility index (Phi) is 9.83. The van der Waals surface area contributed by atoms with Gasteiger partial charge in [0.05, 0.1) is 22.8 Å². The Balaban J connectivity index is 0.00000387. The van der Waals surface area contributed by atoms with Crippen molar-refractivity contribution in [3.05, 3.63) is 105 Å². The van der Waals surface area contributed by atoms with Gasteiger partial charge in [-0.3, -0.25) is 4.39 Å². The van der Waals surface area contributed by atoms with Crippen LogP contribution in [-0.2, 0) is 19.0 Å². The summed E-state index contributed by atoms with van der Waals surface area (Å²) >= 11 is 6.42. The van der Waals surface area contributed by atoms with Gasteiger partial charge in [0.15, 0.2) is 0 Å². The lowest BCUT2D eigenvalue weighted by molar-refractivity contribution is -0.137. The van der Waals surface area contributed by atoms with E-state index < -0.39 is 17.7 Å². The third kappa shape index (κ3) is 6.79. The molecule has 0 saturated carbocycles. The average molecular weight is 609 g/mol. The van der Waals surface area contributed by atoms with Crippen molar-refractivity contribution in [2.45, 2.75) is 38.3 Å². The molecule has 9 heteroatoms. The maximum Gasteiger partial charge on any atom is 0.417 e. The number of nitrogens with zero attached hydrogens (tertiary/aromatic N) is 1. The summed E-state index contributed by atoms with van der Waals surface area (Å²) < 4.78 is 53.7. The first kappa shape index (κ1) is 31.1. The molecule has 0 atom stereocenters. The van der Waals surface area contributed by atoms with E-state index in [-0.39, 0.29) is 29.7 Å². The summed E-state index contributed by atoms with van der Waals surface area (Å²) in [7, 11) is 0. The van der Waals surface area contributed by atoms with Gasteiger partial charge in [0.25, 0.3) is 0 Å². The highest BCUT2D eigenvalue weighted by molar-refractivity contribution is 6.33. The third-order valence-electron chi connectivity index (χ3n) is 7.83. The minimum Gasteiger partial charge on any atom is -0.478 e. The van der Waals surface area contributed by atoms with E-state index in [0.29, 0.717) is 42.7 Å². The molecule has 3 aromatic carbocycles. The number of aryl methyl sites for hydroxylation is 1. The smallest absolute Gasteiger partial charge is 0.417 e. The van der Waals surface area contributed by atoms with Crippen molar-refractivity contribution in [1.82, 2.24) is 4.90 Å². The summed E-state index contributed by atoms with van der Waals surface area (Å²) in [5.74, 6) is -0.514. The van der Waals surface area contributed by atoms with Crippen molar-refractivity contribution in [2.75, 3.05) is 26.3 Å². The van der Waals surface area contributed by atoms with Crippen LogP contribution in [0.5, 0.6) is 0 Å². The zero-order valence-electron chi connectivity index (χ0n) is 22.3. The lowest BCUT2D eigenvalue weighted by atomic mass is 9.85. The van der Waals surface area contributed by atoms with Gasteiger partial charge in [-0.25, -0.2) is 4.79 Å². The molecule has 1 aliphatic heterocycles. The molecular weight excluding hydrogens is 577 g/mol. The molecule has 1 N–H and O–H groups in total. The fourth-order valence-electron chi connectivity index (χ4n) is 5.92. The number of carboxylic acid groups (broad SMARTS) is 1. The van der Waals surface area contributed by atoms with Gasteiger partial charge in [0, 0.05) is 19.6 Å². The van der Waals surface area contributed by atoms with Crippen molar-refractivity contribution in [1.29, 1.82) is 0 Å². The monoisotopic (exact) mass is 607 g/mol. The Bertz CT molecular complexity index is 1430. The molecule has 1 fully saturated rings. The predicted molar refractivity (Wildman–Crippen MR) is 157 cm³/mol. The fraction of sp³-hybridized carbons (Fsp3) is 0.344. The van der Waals surface area contributed by atoms with E-state index in [1.807, 2.05) is 24.3 Å². The van der Waals surface area contributed by atoms with Crippen LogP contribution >= 0.6 is 24.0 Å². The maximum atomic E-state index is 13.7. The number of hydrogen-bond acceptors (Lipinski definition) is 2. The normalized spacial score (nSPS) is 16.0. The van der Waals surface area contributed by atoms with Crippen LogP contribution in [0.4, 0.5) is 17.6 Å². The van der Waals surface area contributed by atoms with Gasteiger partial charge in [0.2, 0.25) is 0 Å². The lowest BCUT2D eigenvalue weighted by Crippen LogP contribution is -2.47. The number of aromatic carboxylic acids is 1. The van der Waals surface area contributed by atoms with Crippen molar-refractivity contribution in [3.8, 4) is 0 Å². The number of halogens is 6. The molecule has 0 aromatic heterocycles. The number of fused-ring (bicyclic) bond motifs is 1. The van der Waals surface area contributed by atoms with E-state index in [2.05, 4.69) is 4.90 Å². The highest BCUT2D eigenvalue weighted by atomic mass is 35.5. The molecule has 2 aliphatic rings. The molecule has 0 unspecified atom stereocenters. The van der Waals surface area contributed by atoms with Crippen LogP contribution in [0.1, 0.15) is 63.0 Å². The largest absolute Gasteiger partial charge is 0.478 e. The van der Waals surface area contributed by atoms with Crippen molar-refractivity contribution < 1.29 is 27.5 Å². The van der Waals surface area contributed by atoms with Crippen LogP contribution in [-0.4, -0.2) is 42.3 Å². The highest BCUT2D eigenvalue weighted by Crippen LogP contribution is 2.45. The summed E-state index contributed by atoms with van der Waals surface area (Å²) in [5.41, 5.74) is 4.79. The molecule has 0 amide bonds. The maximum absolute atomic E-state index is 13.7. The Morgan fingerprint density at radius 1 is 1.00 bits per heavy atom. The molecule has 218 valence electrons. The van der Waals surface area contributed by atoms with Crippen LogP contribution in [0.3, 0.4) is 0 Å². The van der Waals surface area contributed by atoms with E-state index in [1.54, 1.807) is 18.2 Å². The molecule has 1 saturated heterocycles. The Morgan fingerprint density at radius 2 is 1.73 bits per heavy atom. The van der Waals surface area contributed by atoms with E-state index in [9.17, 15) is 27.5 Å². The first-order chi connectivity index (χ1) is 19.2. The number of alkyl halides is 4. The van der Waals surface area contributed by atoms with Gasteiger partial charge in [0.1, 0.15) is 0 Å². The number of benzene rings is 3. The molecule has 5 rings (SSSR count). The zero-order chi connectivity index (χ0) is 28.4. The van der Waals surface area contributed by atoms with Crippen molar-refractivity contribution >= 4 is 41.1 Å². The van der Waals surface area contributed by atoms with Crippen LogP contribution < -0.4 is 0 Å². The fourth-order valence-corrected chi connectivity index (χ4v) is 6.26. The molecule has 0 radical (unpaired) electrons. The summed E-state index contributed by atoms with van der Waals surface area (Å²) in [5, 5.41) is 9.22. The topological polar surface area (TPSA) is 40.5 Å². The number of carbonyl (C=O) groups is 1. The van der Waals surface area contributed by atoms with Crippen molar-refractivity contribution in [3.63, 3.8) is 0 Å². The number of likely N-dealkylation sites (tertiary alicyclic amines) is 1. The van der Waals surface area contributed by atoms with Gasteiger partial charge in [-0.05, 0) is 95.2 Å². The van der Waals surface area contributed by atoms with Crippen LogP contribution in [0.2, 0.25) is 5.02 Å². The van der Waals surface area contributed by atoms with Gasteiger partial charge in [-0.1, -0.05) is 54.1 Å². The van der Waals surface area contributed by atoms with E-state index in [0.717, 1.165) is 59.9 Å². The molecule has 3 aromatic rings. The van der Waals surface area contributed by atoms with E-state index in [1.165, 1.54) is 12.1 Å². The summed E-state index contributed by atoms with van der Waals surface area (Å²) in [6, 6.07) is 17.0. The van der Waals surface area contributed by atoms with E-state index in [4.69, 9.17) is 11.6 Å². The second kappa shape index (κ2) is 13.0. The number of allylic oxidation sites excluding steroid dienone is 1. The van der Waals surface area contributed by atoms with Crippen molar-refractivity contribution in [2.24, 2.45) is 5.92 Å². The molecule has 0 bridgehead atoms. The van der Waals surface area contributed by atoms with Gasteiger partial charge in [-0.15, -0.1) is 12.4 Å². The summed E-state index contributed by atoms with van der Waals surface area (Å²) in [4.78, 5) is 13.9. The lowest BCUT2D eigenvalue weighted by Gasteiger charge is -2.39. The first-order valence-electron chi connectivity index (χ1n) is 13.5. The highest BCUT2D eigenvalue weighted by Gasteiger charge is 2.35. The minimum absolute atomic E-state index is 0. The standard InChI is InChI=1S/C32H30ClF4NO2.ClH/c33-30-27(6-2-7-28(30)32(35,36)37)26-5-1-4-23-17-24(31(39)40)12-13-25(23)29(26)22-10-8-20(9-11-22)16-21-18-38(19-21)15-3-14-34;/h2,6-13,17,21H,1,3-5,14-16,18-19H2,(H,39,40);1H. The Labute approximate surface area is 248 Å². The molecular formula is C32H31Cl2F4NO2.